The Morgan fingerprint density at radius 3 is 2.43 bits per heavy atom. The zero-order valence-electron chi connectivity index (χ0n) is 13.0. The monoisotopic (exact) mass is 432 g/mol. The summed E-state index contributed by atoms with van der Waals surface area (Å²) in [4.78, 5) is 5.47. The van der Waals surface area contributed by atoms with E-state index in [-0.39, 0.29) is 0 Å². The summed E-state index contributed by atoms with van der Waals surface area (Å²) in [6, 6.07) is 18.6. The molecule has 0 aliphatic rings. The van der Waals surface area contributed by atoms with Crippen molar-refractivity contribution in [2.24, 2.45) is 4.99 Å². The van der Waals surface area contributed by atoms with Crippen LogP contribution < -0.4 is 0 Å². The van der Waals surface area contributed by atoms with E-state index in [0.29, 0.717) is 0 Å². The molecule has 2 nitrogen and oxygen atoms in total. The highest BCUT2D eigenvalue weighted by Crippen LogP contribution is 2.24. The summed E-state index contributed by atoms with van der Waals surface area (Å²) in [5.74, 6) is 0. The van der Waals surface area contributed by atoms with E-state index in [1.54, 1.807) is 0 Å². The van der Waals surface area contributed by atoms with Crippen LogP contribution in [0.4, 0.5) is 5.69 Å². The molecule has 4 heteroatoms. The third-order valence-corrected chi connectivity index (χ3v) is 4.88. The molecule has 3 rings (SSSR count). The first-order valence-electron chi connectivity index (χ1n) is 7.33. The lowest BCUT2D eigenvalue weighted by Gasteiger charge is -2.09. The smallest absolute Gasteiger partial charge is 0.0763 e. The van der Waals surface area contributed by atoms with Crippen LogP contribution in [0.5, 0.6) is 0 Å². The number of aliphatic imine (C=N–C) groups is 1. The summed E-state index contributed by atoms with van der Waals surface area (Å²) in [7, 11) is 0. The first kappa shape index (κ1) is 16.3. The van der Waals surface area contributed by atoms with Crippen molar-refractivity contribution in [3.8, 4) is 5.69 Å². The molecule has 0 aliphatic carbocycles. The van der Waals surface area contributed by atoms with Gasteiger partial charge < -0.3 is 4.57 Å². The van der Waals surface area contributed by atoms with Crippen LogP contribution in [0.3, 0.4) is 0 Å². The quantitative estimate of drug-likeness (QED) is 0.309. The van der Waals surface area contributed by atoms with E-state index in [9.17, 15) is 0 Å². The first-order chi connectivity index (χ1) is 11.1. The van der Waals surface area contributed by atoms with Gasteiger partial charge >= 0.3 is 0 Å². The fourth-order valence-corrected chi connectivity index (χ4v) is 3.20. The number of aromatic nitrogens is 1. The number of nitrogens with zero attached hydrogens (tertiary/aromatic N) is 2. The molecule has 116 valence electrons. The number of hydrogen-bond donors (Lipinski definition) is 1. The minimum Gasteiger partial charge on any atom is -0.318 e. The molecule has 3 aromatic rings. The van der Waals surface area contributed by atoms with Crippen molar-refractivity contribution in [1.82, 2.24) is 4.57 Å². The number of hydrogen-bond acceptors (Lipinski definition) is 2. The molecule has 23 heavy (non-hydrogen) atoms. The van der Waals surface area contributed by atoms with Gasteiger partial charge in [0.25, 0.3) is 0 Å². The van der Waals surface area contributed by atoms with E-state index in [2.05, 4.69) is 89.0 Å². The Hall–Kier alpha value is -1.53. The van der Waals surface area contributed by atoms with Gasteiger partial charge in [0.2, 0.25) is 0 Å². The SMILES string of the molecule is Cc1cc(C=Nc2ccccc2S)c(C)n1-c1ccc(I)cc1. The molecule has 0 saturated heterocycles. The molecular weight excluding hydrogens is 415 g/mol. The normalized spacial score (nSPS) is 11.3. The van der Waals surface area contributed by atoms with Crippen molar-refractivity contribution in [2.45, 2.75) is 18.7 Å². The Labute approximate surface area is 155 Å². The van der Waals surface area contributed by atoms with Gasteiger partial charge in [-0.25, -0.2) is 0 Å². The highest BCUT2D eigenvalue weighted by molar-refractivity contribution is 14.1. The highest BCUT2D eigenvalue weighted by Gasteiger charge is 2.09. The molecule has 1 heterocycles. The summed E-state index contributed by atoms with van der Waals surface area (Å²) in [6.07, 6.45) is 1.92. The molecule has 0 aliphatic heterocycles. The third-order valence-electron chi connectivity index (χ3n) is 3.78. The number of aryl methyl sites for hydroxylation is 1. The fourth-order valence-electron chi connectivity index (χ4n) is 2.62. The van der Waals surface area contributed by atoms with Crippen molar-refractivity contribution in [2.75, 3.05) is 0 Å². The third kappa shape index (κ3) is 3.53. The maximum Gasteiger partial charge on any atom is 0.0763 e. The molecule has 0 spiro atoms. The summed E-state index contributed by atoms with van der Waals surface area (Å²) in [5, 5.41) is 0. The highest BCUT2D eigenvalue weighted by atomic mass is 127. The lowest BCUT2D eigenvalue weighted by molar-refractivity contribution is 0.964. The van der Waals surface area contributed by atoms with Crippen molar-refractivity contribution < 1.29 is 0 Å². The number of halogens is 1. The number of para-hydroxylation sites is 1. The molecule has 0 bridgehead atoms. The predicted molar refractivity (Wildman–Crippen MR) is 109 cm³/mol. The van der Waals surface area contributed by atoms with Crippen LogP contribution in [0, 0.1) is 17.4 Å². The topological polar surface area (TPSA) is 17.3 Å². The number of benzene rings is 2. The maximum atomic E-state index is 4.58. The van der Waals surface area contributed by atoms with Crippen molar-refractivity contribution in [3.63, 3.8) is 0 Å². The van der Waals surface area contributed by atoms with Crippen molar-refractivity contribution >= 4 is 47.1 Å². The lowest BCUT2D eigenvalue weighted by atomic mass is 10.2. The van der Waals surface area contributed by atoms with Gasteiger partial charge in [-0.3, -0.25) is 4.99 Å². The van der Waals surface area contributed by atoms with Gasteiger partial charge in [-0.1, -0.05) is 12.1 Å². The second-order valence-electron chi connectivity index (χ2n) is 5.39. The van der Waals surface area contributed by atoms with Crippen LogP contribution in [-0.4, -0.2) is 10.8 Å². The zero-order chi connectivity index (χ0) is 16.4. The van der Waals surface area contributed by atoms with Gasteiger partial charge in [-0.2, -0.15) is 0 Å². The zero-order valence-corrected chi connectivity index (χ0v) is 16.0. The minimum atomic E-state index is 0.884. The molecule has 0 radical (unpaired) electrons. The predicted octanol–water partition coefficient (Wildman–Crippen LogP) is 5.74. The Morgan fingerprint density at radius 1 is 1.04 bits per heavy atom. The molecule has 0 fully saturated rings. The van der Waals surface area contributed by atoms with Crippen molar-refractivity contribution in [1.29, 1.82) is 0 Å². The van der Waals surface area contributed by atoms with Crippen LogP contribution in [0.1, 0.15) is 17.0 Å². The summed E-state index contributed by atoms with van der Waals surface area (Å²) >= 11 is 6.77. The van der Waals surface area contributed by atoms with Gasteiger partial charge in [0, 0.05) is 37.3 Å². The second kappa shape index (κ2) is 6.93. The molecule has 1 aromatic heterocycles. The Kier molecular flexibility index (Phi) is 4.92. The lowest BCUT2D eigenvalue weighted by Crippen LogP contribution is -1.99. The van der Waals surface area contributed by atoms with E-state index in [1.165, 1.54) is 20.6 Å². The molecule has 0 saturated carbocycles. The van der Waals surface area contributed by atoms with Crippen LogP contribution >= 0.6 is 35.2 Å². The van der Waals surface area contributed by atoms with E-state index in [1.807, 2.05) is 30.5 Å². The second-order valence-corrected chi connectivity index (χ2v) is 7.11. The minimum absolute atomic E-state index is 0.884. The molecule has 2 aromatic carbocycles. The van der Waals surface area contributed by atoms with Crippen LogP contribution in [0.2, 0.25) is 0 Å². The average molecular weight is 432 g/mol. The van der Waals surface area contributed by atoms with Crippen LogP contribution in [-0.2, 0) is 0 Å². The fraction of sp³-hybridized carbons (Fsp3) is 0.105. The summed E-state index contributed by atoms with van der Waals surface area (Å²) < 4.78 is 3.49. The van der Waals surface area contributed by atoms with Crippen LogP contribution in [0.25, 0.3) is 5.69 Å². The van der Waals surface area contributed by atoms with Gasteiger partial charge in [0.05, 0.1) is 5.69 Å². The van der Waals surface area contributed by atoms with Gasteiger partial charge in [0.1, 0.15) is 0 Å². The van der Waals surface area contributed by atoms with Gasteiger partial charge in [0.15, 0.2) is 0 Å². The summed E-state index contributed by atoms with van der Waals surface area (Å²) in [6.45, 7) is 4.24. The molecule has 0 amide bonds. The first-order valence-corrected chi connectivity index (χ1v) is 8.86. The van der Waals surface area contributed by atoms with Gasteiger partial charge in [-0.15, -0.1) is 12.6 Å². The van der Waals surface area contributed by atoms with Crippen LogP contribution in [0.15, 0.2) is 64.5 Å². The molecular formula is C19H17IN2S. The number of thiol groups is 1. The molecule has 0 N–H and O–H groups in total. The van der Waals surface area contributed by atoms with E-state index in [0.717, 1.165) is 16.1 Å². The molecule has 0 unspecified atom stereocenters. The Balaban J connectivity index is 1.98. The van der Waals surface area contributed by atoms with E-state index in [4.69, 9.17) is 0 Å². The Bertz CT molecular complexity index is 864. The van der Waals surface area contributed by atoms with E-state index < -0.39 is 0 Å². The van der Waals surface area contributed by atoms with Gasteiger partial charge in [-0.05, 0) is 78.9 Å². The van der Waals surface area contributed by atoms with E-state index >= 15 is 0 Å². The maximum absolute atomic E-state index is 4.58. The standard InChI is InChI=1S/C19H17IN2S/c1-13-11-15(12-21-18-5-3-4-6-19(18)23)14(2)22(13)17-9-7-16(20)8-10-17/h3-12,23H,1-2H3. The number of rotatable bonds is 3. The largest absolute Gasteiger partial charge is 0.318 e. The van der Waals surface area contributed by atoms with Crippen molar-refractivity contribution in [3.05, 3.63) is 75.1 Å². The summed E-state index contributed by atoms with van der Waals surface area (Å²) in [5.41, 5.74) is 5.57. The average Bonchev–Trinajstić information content (AvgIpc) is 2.82. The Morgan fingerprint density at radius 2 is 1.74 bits per heavy atom. The molecule has 0 atom stereocenters.